The van der Waals surface area contributed by atoms with Gasteiger partial charge < -0.3 is 20.9 Å². The highest BCUT2D eigenvalue weighted by Crippen LogP contribution is 2.57. The van der Waals surface area contributed by atoms with Crippen LogP contribution in [0.4, 0.5) is 13.2 Å². The highest BCUT2D eigenvalue weighted by Gasteiger charge is 2.60. The molecule has 0 radical (unpaired) electrons. The smallest absolute Gasteiger partial charge is 0.356 e. The highest BCUT2D eigenvalue weighted by atomic mass is 19.4. The number of rotatable bonds is 7. The van der Waals surface area contributed by atoms with Gasteiger partial charge in [0.1, 0.15) is 18.1 Å². The number of carbonyl (C=O) groups excluding carboxylic acids is 4. The van der Waals surface area contributed by atoms with Crippen LogP contribution < -0.4 is 16.0 Å². The van der Waals surface area contributed by atoms with E-state index in [2.05, 4.69) is 16.6 Å². The summed E-state index contributed by atoms with van der Waals surface area (Å²) in [4.78, 5) is 52.6. The zero-order valence-corrected chi connectivity index (χ0v) is 21.3. The average Bonchev–Trinajstić information content (AvgIpc) is 3.63. The molecule has 3 N–H and O–H groups in total. The second kappa shape index (κ2) is 10.1. The molecule has 38 heavy (non-hydrogen) atoms. The van der Waals surface area contributed by atoms with Crippen LogP contribution in [-0.4, -0.2) is 65.9 Å². The molecule has 2 saturated heterocycles. The van der Waals surface area contributed by atoms with Gasteiger partial charge in [0.15, 0.2) is 0 Å². The fourth-order valence-corrected chi connectivity index (χ4v) is 6.88. The average molecular weight is 536 g/mol. The van der Waals surface area contributed by atoms with Gasteiger partial charge in [0.25, 0.3) is 0 Å². The zero-order valence-electron chi connectivity index (χ0n) is 21.3. The van der Waals surface area contributed by atoms with Crippen molar-refractivity contribution < 1.29 is 32.3 Å². The predicted octanol–water partition coefficient (Wildman–Crippen LogP) is 1.10. The van der Waals surface area contributed by atoms with Gasteiger partial charge in [0.05, 0.1) is 11.5 Å². The third-order valence-corrected chi connectivity index (χ3v) is 8.85. The van der Waals surface area contributed by atoms with Crippen molar-refractivity contribution in [2.75, 3.05) is 13.1 Å². The third kappa shape index (κ3) is 5.05. The molecular formula is C26H32F3N5O4. The summed E-state index contributed by atoms with van der Waals surface area (Å²) in [6, 6.07) is -1.70. The van der Waals surface area contributed by atoms with E-state index in [0.29, 0.717) is 13.0 Å². The molecule has 2 saturated carbocycles. The summed E-state index contributed by atoms with van der Waals surface area (Å²) in [7, 11) is 0. The first kappa shape index (κ1) is 27.7. The van der Waals surface area contributed by atoms with Crippen LogP contribution in [0.3, 0.4) is 0 Å². The fourth-order valence-electron chi connectivity index (χ4n) is 6.88. The standard InChI is InChI=1S/C26H32F3N5O4/c1-4-25(2,3)20(33-24(38)26(27,28)29)23(37)34-12-17-13-5-6-14(9-13)18(17)19(34)22(36)32-16(11-30)10-15-7-8-31-21(15)35/h1,13-20H,5-10,12H2,2-3H3,(H,31,35)(H,32,36)(H,33,38)/t13?,14?,15-,16-,17?,18?,19?,20+/m0/s1. The Morgan fingerprint density at radius 1 is 1.18 bits per heavy atom. The van der Waals surface area contributed by atoms with E-state index < -0.39 is 53.4 Å². The normalized spacial score (nSPS) is 31.6. The van der Waals surface area contributed by atoms with Crippen LogP contribution in [0.5, 0.6) is 0 Å². The van der Waals surface area contributed by atoms with Gasteiger partial charge in [-0.3, -0.25) is 19.2 Å². The molecule has 4 fully saturated rings. The second-order valence-corrected chi connectivity index (χ2v) is 11.5. The van der Waals surface area contributed by atoms with Crippen molar-refractivity contribution in [3.05, 3.63) is 0 Å². The SMILES string of the molecule is C#CC(C)(C)[C@H](NC(=O)C(F)(F)F)C(=O)N1CC2C3CCC(C3)C2C1C(=O)N[C@H](C#N)C[C@@H]1CCNC1=O. The number of halogens is 3. The Balaban J connectivity index is 1.61. The molecule has 206 valence electrons. The summed E-state index contributed by atoms with van der Waals surface area (Å²) in [6.45, 7) is 3.40. The Morgan fingerprint density at radius 2 is 1.87 bits per heavy atom. The van der Waals surface area contributed by atoms with E-state index >= 15 is 0 Å². The Bertz CT molecular complexity index is 1090. The molecule has 8 atom stereocenters. The van der Waals surface area contributed by atoms with Crippen molar-refractivity contribution in [2.24, 2.45) is 35.0 Å². The number of fused-ring (bicyclic) bond motifs is 5. The van der Waals surface area contributed by atoms with Gasteiger partial charge in [-0.2, -0.15) is 18.4 Å². The van der Waals surface area contributed by atoms with E-state index in [0.717, 1.165) is 19.3 Å². The molecule has 2 aliphatic carbocycles. The molecule has 4 aliphatic rings. The maximum absolute atomic E-state index is 13.8. The van der Waals surface area contributed by atoms with Crippen molar-refractivity contribution in [1.82, 2.24) is 20.9 Å². The molecule has 0 aromatic carbocycles. The van der Waals surface area contributed by atoms with Gasteiger partial charge in [-0.15, -0.1) is 6.42 Å². The summed E-state index contributed by atoms with van der Waals surface area (Å²) in [6.07, 6.45) is 3.71. The quantitative estimate of drug-likeness (QED) is 0.420. The number of nitrogens with one attached hydrogen (secondary N) is 3. The van der Waals surface area contributed by atoms with Crippen molar-refractivity contribution in [1.29, 1.82) is 5.26 Å². The number of likely N-dealkylation sites (tertiary alicyclic amines) is 1. The summed E-state index contributed by atoms with van der Waals surface area (Å²) >= 11 is 0. The topological polar surface area (TPSA) is 131 Å². The molecule has 0 aromatic rings. The number of amides is 4. The van der Waals surface area contributed by atoms with Gasteiger partial charge in [-0.05, 0) is 69.6 Å². The third-order valence-electron chi connectivity index (χ3n) is 8.85. The van der Waals surface area contributed by atoms with Crippen LogP contribution in [0.25, 0.3) is 0 Å². The first-order valence-corrected chi connectivity index (χ1v) is 12.9. The van der Waals surface area contributed by atoms with Crippen molar-refractivity contribution >= 4 is 23.6 Å². The monoisotopic (exact) mass is 535 g/mol. The Morgan fingerprint density at radius 3 is 2.45 bits per heavy atom. The molecule has 9 nitrogen and oxygen atoms in total. The Hall–Kier alpha value is -3.28. The molecule has 2 heterocycles. The summed E-state index contributed by atoms with van der Waals surface area (Å²) < 4.78 is 39.3. The van der Waals surface area contributed by atoms with E-state index in [1.807, 2.05) is 6.07 Å². The second-order valence-electron chi connectivity index (χ2n) is 11.5. The van der Waals surface area contributed by atoms with E-state index in [4.69, 9.17) is 6.42 Å². The van der Waals surface area contributed by atoms with Gasteiger partial charge >= 0.3 is 12.1 Å². The molecule has 4 rings (SSSR count). The maximum Gasteiger partial charge on any atom is 0.471 e. The van der Waals surface area contributed by atoms with Crippen LogP contribution in [0.2, 0.25) is 0 Å². The van der Waals surface area contributed by atoms with Crippen LogP contribution in [0.1, 0.15) is 46.0 Å². The van der Waals surface area contributed by atoms with Gasteiger partial charge in [-0.25, -0.2) is 0 Å². The van der Waals surface area contributed by atoms with Crippen molar-refractivity contribution in [3.63, 3.8) is 0 Å². The lowest BCUT2D eigenvalue weighted by atomic mass is 9.78. The molecule has 12 heteroatoms. The number of nitrogens with zero attached hydrogens (tertiary/aromatic N) is 2. The molecule has 2 aliphatic heterocycles. The lowest BCUT2D eigenvalue weighted by molar-refractivity contribution is -0.176. The molecule has 2 bridgehead atoms. The largest absolute Gasteiger partial charge is 0.471 e. The van der Waals surface area contributed by atoms with Crippen LogP contribution >= 0.6 is 0 Å². The fraction of sp³-hybridized carbons (Fsp3) is 0.731. The predicted molar refractivity (Wildman–Crippen MR) is 127 cm³/mol. The molecular weight excluding hydrogens is 503 g/mol. The number of carbonyl (C=O) groups is 4. The van der Waals surface area contributed by atoms with Crippen LogP contribution in [-0.2, 0) is 19.2 Å². The minimum Gasteiger partial charge on any atom is -0.356 e. The van der Waals surface area contributed by atoms with Gasteiger partial charge in [0, 0.05) is 19.0 Å². The zero-order chi connectivity index (χ0) is 28.0. The molecule has 4 amide bonds. The first-order valence-electron chi connectivity index (χ1n) is 12.9. The maximum atomic E-state index is 13.8. The molecule has 0 aromatic heterocycles. The van der Waals surface area contributed by atoms with Gasteiger partial charge in [-0.1, -0.05) is 5.92 Å². The van der Waals surface area contributed by atoms with E-state index in [1.54, 1.807) is 5.32 Å². The minimum absolute atomic E-state index is 0.0116. The summed E-state index contributed by atoms with van der Waals surface area (Å²) in [5.41, 5.74) is -1.49. The lowest BCUT2D eigenvalue weighted by Gasteiger charge is -2.36. The summed E-state index contributed by atoms with van der Waals surface area (Å²) in [5.74, 6) is -1.80. The first-order chi connectivity index (χ1) is 17.8. The number of hydrogen-bond acceptors (Lipinski definition) is 5. The van der Waals surface area contributed by atoms with Crippen LogP contribution in [0, 0.1) is 58.7 Å². The highest BCUT2D eigenvalue weighted by molar-refractivity contribution is 5.95. The van der Waals surface area contributed by atoms with Crippen LogP contribution in [0.15, 0.2) is 0 Å². The molecule has 0 spiro atoms. The Kier molecular flexibility index (Phi) is 7.39. The Labute approximate surface area is 219 Å². The number of hydrogen-bond donors (Lipinski definition) is 3. The minimum atomic E-state index is -5.23. The number of nitriles is 1. The molecule has 5 unspecified atom stereocenters. The van der Waals surface area contributed by atoms with Crippen molar-refractivity contribution in [3.8, 4) is 18.4 Å². The van der Waals surface area contributed by atoms with E-state index in [-0.39, 0.29) is 42.5 Å². The lowest BCUT2D eigenvalue weighted by Crippen LogP contribution is -2.61. The van der Waals surface area contributed by atoms with E-state index in [9.17, 15) is 37.6 Å². The van der Waals surface area contributed by atoms with Crippen molar-refractivity contribution in [2.45, 2.75) is 70.3 Å². The van der Waals surface area contributed by atoms with E-state index in [1.165, 1.54) is 18.7 Å². The number of alkyl halides is 3. The van der Waals surface area contributed by atoms with Gasteiger partial charge in [0.2, 0.25) is 17.7 Å². The summed E-state index contributed by atoms with van der Waals surface area (Å²) in [5, 5.41) is 16.8. The number of terminal acetylenes is 1.